The fraction of sp³-hybridized carbons (Fsp3) is 0.0938. The van der Waals surface area contributed by atoms with Crippen molar-refractivity contribution in [3.8, 4) is 11.1 Å². The molecule has 5 aromatic rings. The number of primary amides is 1. The van der Waals surface area contributed by atoms with Crippen LogP contribution < -0.4 is 11.1 Å². The third-order valence-electron chi connectivity index (χ3n) is 6.80. The molecule has 0 aliphatic carbocycles. The Labute approximate surface area is 235 Å². The van der Waals surface area contributed by atoms with Gasteiger partial charge in [0.25, 0.3) is 5.91 Å². The molecule has 0 fully saturated rings. The van der Waals surface area contributed by atoms with Crippen LogP contribution in [0.1, 0.15) is 50.0 Å². The van der Waals surface area contributed by atoms with Crippen molar-refractivity contribution in [3.05, 3.63) is 130 Å². The predicted octanol–water partition coefficient (Wildman–Crippen LogP) is 6.51. The Balaban J connectivity index is 1.61. The van der Waals surface area contributed by atoms with E-state index in [4.69, 9.17) is 17.3 Å². The standard InChI is InChI=1S/C32H25ClFN3O3/c1-18-6-4-11-25(34)28(18)29-24(32(40)37-26(16-27(35)38)21-9-5-10-23(33)15-21)17-36-30(29)31(39)22-13-12-19-7-2-3-8-20(19)14-22/h2-15,17,26,36H,16H2,1H3,(H2,35,38)(H,37,40)/t26-/m0/s1. The van der Waals surface area contributed by atoms with Gasteiger partial charge in [-0.1, -0.05) is 72.3 Å². The normalized spacial score (nSPS) is 11.8. The lowest BCUT2D eigenvalue weighted by Gasteiger charge is -2.19. The molecule has 200 valence electrons. The van der Waals surface area contributed by atoms with E-state index in [1.54, 1.807) is 55.5 Å². The van der Waals surface area contributed by atoms with Crippen LogP contribution in [0.15, 0.2) is 91.1 Å². The largest absolute Gasteiger partial charge is 0.370 e. The Kier molecular flexibility index (Phi) is 7.49. The zero-order valence-electron chi connectivity index (χ0n) is 21.5. The van der Waals surface area contributed by atoms with Crippen molar-refractivity contribution in [2.24, 2.45) is 5.73 Å². The SMILES string of the molecule is Cc1cccc(F)c1-c1c(C(=O)N[C@@H](CC(N)=O)c2cccc(Cl)c2)c[nH]c1C(=O)c1ccc2ccccc2c1. The summed E-state index contributed by atoms with van der Waals surface area (Å²) >= 11 is 6.14. The number of aromatic nitrogens is 1. The van der Waals surface area contributed by atoms with Crippen molar-refractivity contribution >= 4 is 40.0 Å². The number of carbonyl (C=O) groups is 3. The van der Waals surface area contributed by atoms with E-state index >= 15 is 4.39 Å². The minimum absolute atomic E-state index is 0.0498. The summed E-state index contributed by atoms with van der Waals surface area (Å²) in [5.74, 6) is -2.22. The van der Waals surface area contributed by atoms with Gasteiger partial charge in [-0.05, 0) is 53.1 Å². The number of hydrogen-bond donors (Lipinski definition) is 3. The molecule has 0 aliphatic rings. The monoisotopic (exact) mass is 553 g/mol. The maximum Gasteiger partial charge on any atom is 0.253 e. The molecule has 1 atom stereocenters. The topological polar surface area (TPSA) is 105 Å². The molecule has 0 radical (unpaired) electrons. The molecule has 0 unspecified atom stereocenters. The van der Waals surface area contributed by atoms with Crippen LogP contribution in [-0.2, 0) is 4.79 Å². The van der Waals surface area contributed by atoms with Gasteiger partial charge in [0, 0.05) is 27.9 Å². The van der Waals surface area contributed by atoms with E-state index in [1.807, 2.05) is 30.3 Å². The predicted molar refractivity (Wildman–Crippen MR) is 154 cm³/mol. The van der Waals surface area contributed by atoms with Crippen LogP contribution in [0, 0.1) is 12.7 Å². The average Bonchev–Trinajstić information content (AvgIpc) is 3.36. The average molecular weight is 554 g/mol. The number of amides is 2. The maximum absolute atomic E-state index is 15.3. The smallest absolute Gasteiger partial charge is 0.253 e. The number of carbonyl (C=O) groups excluding carboxylic acids is 3. The molecule has 0 aliphatic heterocycles. The fourth-order valence-electron chi connectivity index (χ4n) is 4.88. The molecule has 4 N–H and O–H groups in total. The highest BCUT2D eigenvalue weighted by atomic mass is 35.5. The zero-order valence-corrected chi connectivity index (χ0v) is 22.3. The van der Waals surface area contributed by atoms with Crippen LogP contribution in [0.5, 0.6) is 0 Å². The molecule has 0 saturated heterocycles. The first-order chi connectivity index (χ1) is 19.2. The number of ketones is 1. The van der Waals surface area contributed by atoms with Gasteiger partial charge in [-0.15, -0.1) is 0 Å². The van der Waals surface area contributed by atoms with Gasteiger partial charge in [-0.3, -0.25) is 14.4 Å². The first-order valence-corrected chi connectivity index (χ1v) is 13.0. The van der Waals surface area contributed by atoms with Crippen LogP contribution in [-0.4, -0.2) is 22.6 Å². The van der Waals surface area contributed by atoms with Crippen LogP contribution in [0.4, 0.5) is 4.39 Å². The lowest BCUT2D eigenvalue weighted by atomic mass is 9.92. The number of aromatic amines is 1. The van der Waals surface area contributed by atoms with Crippen LogP contribution in [0.3, 0.4) is 0 Å². The summed E-state index contributed by atoms with van der Waals surface area (Å²) < 4.78 is 15.3. The number of fused-ring (bicyclic) bond motifs is 1. The summed E-state index contributed by atoms with van der Waals surface area (Å²) in [5, 5.41) is 5.09. The van der Waals surface area contributed by atoms with Crippen molar-refractivity contribution < 1.29 is 18.8 Å². The van der Waals surface area contributed by atoms with E-state index < -0.39 is 29.5 Å². The van der Waals surface area contributed by atoms with Crippen molar-refractivity contribution in [1.29, 1.82) is 0 Å². The minimum atomic E-state index is -0.798. The quantitative estimate of drug-likeness (QED) is 0.191. The zero-order chi connectivity index (χ0) is 28.4. The van der Waals surface area contributed by atoms with E-state index in [9.17, 15) is 14.4 Å². The number of benzene rings is 4. The van der Waals surface area contributed by atoms with E-state index in [0.717, 1.165) is 10.8 Å². The summed E-state index contributed by atoms with van der Waals surface area (Å²) in [7, 11) is 0. The van der Waals surface area contributed by atoms with Gasteiger partial charge in [0.2, 0.25) is 11.7 Å². The Morgan fingerprint density at radius 3 is 2.40 bits per heavy atom. The number of nitrogens with two attached hydrogens (primary N) is 1. The van der Waals surface area contributed by atoms with Crippen molar-refractivity contribution in [1.82, 2.24) is 10.3 Å². The molecule has 2 amide bonds. The maximum atomic E-state index is 15.3. The second-order valence-electron chi connectivity index (χ2n) is 9.53. The summed E-state index contributed by atoms with van der Waals surface area (Å²) in [5.41, 5.74) is 7.36. The Morgan fingerprint density at radius 1 is 0.925 bits per heavy atom. The number of hydrogen-bond acceptors (Lipinski definition) is 3. The molecular weight excluding hydrogens is 529 g/mol. The van der Waals surface area contributed by atoms with E-state index in [2.05, 4.69) is 10.3 Å². The molecule has 40 heavy (non-hydrogen) atoms. The van der Waals surface area contributed by atoms with Crippen LogP contribution >= 0.6 is 11.6 Å². The van der Waals surface area contributed by atoms with Crippen molar-refractivity contribution in [2.45, 2.75) is 19.4 Å². The lowest BCUT2D eigenvalue weighted by Crippen LogP contribution is -2.32. The van der Waals surface area contributed by atoms with Crippen molar-refractivity contribution in [3.63, 3.8) is 0 Å². The van der Waals surface area contributed by atoms with Gasteiger partial charge >= 0.3 is 0 Å². The Morgan fingerprint density at radius 2 is 1.68 bits per heavy atom. The number of rotatable bonds is 8. The number of nitrogens with one attached hydrogen (secondary N) is 2. The molecule has 0 bridgehead atoms. The summed E-state index contributed by atoms with van der Waals surface area (Å²) in [6.45, 7) is 1.71. The van der Waals surface area contributed by atoms with Gasteiger partial charge in [0.05, 0.1) is 23.7 Å². The molecule has 4 aromatic carbocycles. The molecule has 6 nitrogen and oxygen atoms in total. The summed E-state index contributed by atoms with van der Waals surface area (Å²) in [6.07, 6.45) is 1.19. The van der Waals surface area contributed by atoms with E-state index in [1.165, 1.54) is 12.3 Å². The lowest BCUT2D eigenvalue weighted by molar-refractivity contribution is -0.118. The second kappa shape index (κ2) is 11.2. The van der Waals surface area contributed by atoms with E-state index in [-0.39, 0.29) is 28.8 Å². The van der Waals surface area contributed by atoms with Gasteiger partial charge in [-0.2, -0.15) is 0 Å². The molecule has 0 saturated carbocycles. The Bertz CT molecular complexity index is 1760. The molecule has 0 spiro atoms. The van der Waals surface area contributed by atoms with Crippen LogP contribution in [0.25, 0.3) is 21.9 Å². The van der Waals surface area contributed by atoms with Gasteiger partial charge in [-0.25, -0.2) is 4.39 Å². The van der Waals surface area contributed by atoms with Crippen molar-refractivity contribution in [2.75, 3.05) is 0 Å². The third-order valence-corrected chi connectivity index (χ3v) is 7.03. The molecule has 1 heterocycles. The Hall–Kier alpha value is -4.75. The van der Waals surface area contributed by atoms with Crippen LogP contribution in [0.2, 0.25) is 5.02 Å². The first-order valence-electron chi connectivity index (χ1n) is 12.6. The number of halogens is 2. The second-order valence-corrected chi connectivity index (χ2v) is 9.96. The third kappa shape index (κ3) is 5.37. The summed E-state index contributed by atoms with van der Waals surface area (Å²) in [4.78, 5) is 42.3. The fourth-order valence-corrected chi connectivity index (χ4v) is 5.08. The first kappa shape index (κ1) is 26.8. The number of aryl methyl sites for hydroxylation is 1. The van der Waals surface area contributed by atoms with Gasteiger partial charge < -0.3 is 16.0 Å². The van der Waals surface area contributed by atoms with Gasteiger partial charge in [0.15, 0.2) is 0 Å². The number of H-pyrrole nitrogens is 1. The van der Waals surface area contributed by atoms with E-state index in [0.29, 0.717) is 21.7 Å². The highest BCUT2D eigenvalue weighted by molar-refractivity contribution is 6.30. The molecular formula is C32H25ClFN3O3. The van der Waals surface area contributed by atoms with Gasteiger partial charge in [0.1, 0.15) is 5.82 Å². The minimum Gasteiger partial charge on any atom is -0.370 e. The molecule has 5 rings (SSSR count). The summed E-state index contributed by atoms with van der Waals surface area (Å²) in [6, 6.07) is 23.4. The highest BCUT2D eigenvalue weighted by Crippen LogP contribution is 2.35. The highest BCUT2D eigenvalue weighted by Gasteiger charge is 2.28. The molecule has 8 heteroatoms. The molecule has 1 aromatic heterocycles.